The Morgan fingerprint density at radius 2 is 1.95 bits per heavy atom. The summed E-state index contributed by atoms with van der Waals surface area (Å²) in [5.41, 5.74) is 0.737. The number of benzene rings is 1. The van der Waals surface area contributed by atoms with Gasteiger partial charge in [0.05, 0.1) is 10.9 Å². The van der Waals surface area contributed by atoms with Gasteiger partial charge in [-0.3, -0.25) is 4.57 Å². The second-order valence-corrected chi connectivity index (χ2v) is 10.6. The lowest BCUT2D eigenvalue weighted by atomic mass is 10.1. The Bertz CT molecular complexity index is 911. The van der Waals surface area contributed by atoms with Crippen molar-refractivity contribution >= 4 is 55.5 Å². The summed E-state index contributed by atoms with van der Waals surface area (Å²) >= 11 is 13.8. The van der Waals surface area contributed by atoms with Crippen LogP contribution in [0.2, 0.25) is 0 Å². The van der Waals surface area contributed by atoms with Gasteiger partial charge in [-0.05, 0) is 52.3 Å². The van der Waals surface area contributed by atoms with Crippen LogP contribution in [-0.4, -0.2) is 19.6 Å². The zero-order valence-electron chi connectivity index (χ0n) is 10.3. The summed E-state index contributed by atoms with van der Waals surface area (Å²) in [4.78, 5) is 18.0. The fourth-order valence-corrected chi connectivity index (χ4v) is 1.73. The highest BCUT2D eigenvalue weighted by Crippen LogP contribution is 2.61. The molecule has 0 aliphatic heterocycles. The second kappa shape index (κ2) is 5.93. The molecular weight excluding hydrogens is 364 g/mol. The molecule has 0 saturated carbocycles. The van der Waals surface area contributed by atoms with Crippen molar-refractivity contribution in [1.82, 2.24) is 19.6 Å². The molecule has 6 nitrogen and oxygen atoms in total. The van der Waals surface area contributed by atoms with E-state index in [0.29, 0.717) is 11.1 Å². The van der Waals surface area contributed by atoms with Gasteiger partial charge in [0, 0.05) is 0 Å². The smallest absolute Gasteiger partial charge is 0.305 e. The number of aromatic amines is 1. The Hall–Kier alpha value is -1.14. The van der Waals surface area contributed by atoms with Crippen LogP contribution in [0.25, 0.3) is 16.6 Å². The number of hydrogen-bond acceptors (Lipinski definition) is 4. The molecule has 2 aromatic heterocycles. The van der Waals surface area contributed by atoms with Crippen molar-refractivity contribution in [2.75, 3.05) is 0 Å². The van der Waals surface area contributed by atoms with E-state index in [-0.39, 0.29) is 16.9 Å². The highest BCUT2D eigenvalue weighted by Gasteiger charge is 2.12. The maximum Gasteiger partial charge on any atom is 0.348 e. The standard InChI is InChI=1S/C10H7FN4O.Cl3OP/c1-5-2-3-6-7(8(5)11)9-12-4-13-15(9)10(16)14-6;1-5(2,3)4/h2-4H,1H3,(H,14,16);. The lowest BCUT2D eigenvalue weighted by Gasteiger charge is -2.02. The summed E-state index contributed by atoms with van der Waals surface area (Å²) in [6.45, 7) is 1.66. The minimum atomic E-state index is -3.22. The van der Waals surface area contributed by atoms with Gasteiger partial charge in [-0.2, -0.15) is 9.61 Å². The Morgan fingerprint density at radius 3 is 2.57 bits per heavy atom. The molecule has 0 fully saturated rings. The predicted molar refractivity (Wildman–Crippen MR) is 81.0 cm³/mol. The van der Waals surface area contributed by atoms with Crippen molar-refractivity contribution in [2.24, 2.45) is 0 Å². The second-order valence-electron chi connectivity index (χ2n) is 3.94. The molecule has 0 bridgehead atoms. The van der Waals surface area contributed by atoms with E-state index in [9.17, 15) is 13.8 Å². The third kappa shape index (κ3) is 3.74. The lowest BCUT2D eigenvalue weighted by Crippen LogP contribution is -2.17. The van der Waals surface area contributed by atoms with Crippen LogP contribution < -0.4 is 5.69 Å². The topological polar surface area (TPSA) is 80.1 Å². The van der Waals surface area contributed by atoms with E-state index in [2.05, 4.69) is 48.8 Å². The predicted octanol–water partition coefficient (Wildman–Crippen LogP) is 3.83. The maximum absolute atomic E-state index is 13.9. The summed E-state index contributed by atoms with van der Waals surface area (Å²) in [5.74, 6) is -0.383. The van der Waals surface area contributed by atoms with E-state index < -0.39 is 10.9 Å². The summed E-state index contributed by atoms with van der Waals surface area (Å²) in [5, 5.41) is 0.801. The van der Waals surface area contributed by atoms with Gasteiger partial charge in [-0.25, -0.2) is 14.2 Å². The number of fused-ring (bicyclic) bond motifs is 3. The lowest BCUT2D eigenvalue weighted by molar-refractivity contribution is 0.600. The molecule has 0 unspecified atom stereocenters. The van der Waals surface area contributed by atoms with Crippen molar-refractivity contribution in [3.63, 3.8) is 0 Å². The largest absolute Gasteiger partial charge is 0.348 e. The number of aromatic nitrogens is 4. The Balaban J connectivity index is 0.000000282. The number of aryl methyl sites for hydroxylation is 1. The molecule has 0 atom stereocenters. The maximum atomic E-state index is 13.9. The molecule has 3 aromatic rings. The number of halogens is 4. The Labute approximate surface area is 131 Å². The summed E-state index contributed by atoms with van der Waals surface area (Å²) in [7, 11) is 0. The van der Waals surface area contributed by atoms with E-state index in [1.165, 1.54) is 6.33 Å². The molecule has 21 heavy (non-hydrogen) atoms. The van der Waals surface area contributed by atoms with Crippen molar-refractivity contribution in [3.05, 3.63) is 40.3 Å². The van der Waals surface area contributed by atoms with Crippen LogP contribution in [0, 0.1) is 12.7 Å². The van der Waals surface area contributed by atoms with Gasteiger partial charge in [0.1, 0.15) is 12.1 Å². The molecule has 0 amide bonds. The zero-order chi connectivity index (χ0) is 15.8. The normalized spacial score (nSPS) is 11.5. The molecule has 11 heteroatoms. The van der Waals surface area contributed by atoms with Crippen LogP contribution in [0.1, 0.15) is 5.56 Å². The summed E-state index contributed by atoms with van der Waals surface area (Å²) in [6.07, 6.45) is 1.23. The van der Waals surface area contributed by atoms with Gasteiger partial charge in [-0.1, -0.05) is 6.07 Å². The average Bonchev–Trinajstić information content (AvgIpc) is 2.81. The van der Waals surface area contributed by atoms with Gasteiger partial charge in [0.25, 0.3) is 0 Å². The molecule has 0 radical (unpaired) electrons. The number of hydrogen-bond donors (Lipinski definition) is 1. The molecule has 2 heterocycles. The first kappa shape index (κ1) is 16.2. The van der Waals surface area contributed by atoms with Crippen LogP contribution in [-0.2, 0) is 4.57 Å². The van der Waals surface area contributed by atoms with Crippen LogP contribution >= 0.6 is 38.9 Å². The molecular formula is C10H7Cl3FN4O2P. The molecule has 3 rings (SSSR count). The third-order valence-corrected chi connectivity index (χ3v) is 2.54. The first-order valence-electron chi connectivity index (χ1n) is 5.38. The number of nitrogens with zero attached hydrogens (tertiary/aromatic N) is 3. The van der Waals surface area contributed by atoms with Crippen LogP contribution in [0.3, 0.4) is 0 Å². The van der Waals surface area contributed by atoms with Crippen molar-refractivity contribution < 1.29 is 8.96 Å². The van der Waals surface area contributed by atoms with Gasteiger partial charge < -0.3 is 4.98 Å². The van der Waals surface area contributed by atoms with Gasteiger partial charge in [-0.15, -0.1) is 0 Å². The van der Waals surface area contributed by atoms with Crippen LogP contribution in [0.15, 0.2) is 23.3 Å². The Morgan fingerprint density at radius 1 is 1.33 bits per heavy atom. The molecule has 0 aliphatic carbocycles. The SMILES string of the molecule is Cc1ccc2[nH]c(=O)n3ncnc3c2c1F.O=P(Cl)(Cl)Cl. The van der Waals surface area contributed by atoms with Crippen LogP contribution in [0.4, 0.5) is 4.39 Å². The van der Waals surface area contributed by atoms with Gasteiger partial charge in [0.15, 0.2) is 5.65 Å². The highest BCUT2D eigenvalue weighted by atomic mass is 36.0. The van der Waals surface area contributed by atoms with Crippen molar-refractivity contribution in [3.8, 4) is 0 Å². The third-order valence-electron chi connectivity index (χ3n) is 2.54. The van der Waals surface area contributed by atoms with E-state index in [4.69, 9.17) is 0 Å². The first-order valence-corrected chi connectivity index (χ1v) is 9.80. The molecule has 0 aliphatic rings. The van der Waals surface area contributed by atoms with E-state index in [1.807, 2.05) is 0 Å². The highest BCUT2D eigenvalue weighted by molar-refractivity contribution is 8.24. The summed E-state index contributed by atoms with van der Waals surface area (Å²) < 4.78 is 24.5. The van der Waals surface area contributed by atoms with E-state index in [1.54, 1.807) is 19.1 Å². The molecule has 0 saturated heterocycles. The minimum absolute atomic E-state index is 0.236. The average molecular weight is 372 g/mol. The monoisotopic (exact) mass is 370 g/mol. The molecule has 1 N–H and O–H groups in total. The minimum Gasteiger partial charge on any atom is -0.305 e. The molecule has 0 spiro atoms. The van der Waals surface area contributed by atoms with E-state index in [0.717, 1.165) is 4.52 Å². The van der Waals surface area contributed by atoms with Crippen molar-refractivity contribution in [2.45, 2.75) is 6.92 Å². The van der Waals surface area contributed by atoms with Gasteiger partial charge >= 0.3 is 10.9 Å². The Kier molecular flexibility index (Phi) is 4.58. The number of H-pyrrole nitrogens is 1. The summed E-state index contributed by atoms with van der Waals surface area (Å²) in [6, 6.07) is 3.27. The zero-order valence-corrected chi connectivity index (χ0v) is 13.5. The van der Waals surface area contributed by atoms with E-state index >= 15 is 0 Å². The van der Waals surface area contributed by atoms with Gasteiger partial charge in [0.2, 0.25) is 0 Å². The quantitative estimate of drug-likeness (QED) is 0.609. The number of rotatable bonds is 0. The first-order chi connectivity index (χ1) is 9.68. The molecule has 1 aromatic carbocycles. The van der Waals surface area contributed by atoms with Crippen LogP contribution in [0.5, 0.6) is 0 Å². The van der Waals surface area contributed by atoms with Crippen molar-refractivity contribution in [1.29, 1.82) is 0 Å². The fourth-order valence-electron chi connectivity index (χ4n) is 1.73. The molecule has 112 valence electrons. The fraction of sp³-hybridized carbons (Fsp3) is 0.100. The number of nitrogens with one attached hydrogen (secondary N) is 1.